The minimum atomic E-state index is -4.88. The van der Waals surface area contributed by atoms with Crippen molar-refractivity contribution in [3.05, 3.63) is 94.4 Å². The van der Waals surface area contributed by atoms with Gasteiger partial charge in [0.2, 0.25) is 11.8 Å². The lowest BCUT2D eigenvalue weighted by atomic mass is 10.0. The molecule has 2 aliphatic heterocycles. The molecule has 3 heterocycles. The molecule has 0 aliphatic carbocycles. The largest absolute Gasteiger partial charge is 0.495 e. The summed E-state index contributed by atoms with van der Waals surface area (Å²) in [6, 6.07) is 12.7. The van der Waals surface area contributed by atoms with E-state index >= 15 is 4.39 Å². The van der Waals surface area contributed by atoms with Crippen molar-refractivity contribution in [1.29, 1.82) is 0 Å². The summed E-state index contributed by atoms with van der Waals surface area (Å²) >= 11 is 0. The zero-order valence-electron chi connectivity index (χ0n) is 29.0. The predicted molar refractivity (Wildman–Crippen MR) is 185 cm³/mol. The Morgan fingerprint density at radius 2 is 1.72 bits per heavy atom. The Balaban J connectivity index is 0.000000422. The molecule has 1 fully saturated rings. The molecule has 1 aromatic heterocycles. The van der Waals surface area contributed by atoms with Crippen molar-refractivity contribution in [3.8, 4) is 17.4 Å². The van der Waals surface area contributed by atoms with Crippen LogP contribution in [0.25, 0.3) is 0 Å². The molecule has 6 rings (SSSR count). The van der Waals surface area contributed by atoms with Crippen molar-refractivity contribution in [3.63, 3.8) is 0 Å². The first kappa shape index (κ1) is 38.9. The summed E-state index contributed by atoms with van der Waals surface area (Å²) in [5.41, 5.74) is 0.136. The molecule has 18 heteroatoms. The highest BCUT2D eigenvalue weighted by Crippen LogP contribution is 2.40. The summed E-state index contributed by atoms with van der Waals surface area (Å²) in [4.78, 5) is 36.5. The standard InChI is InChI=1S/C28H28F4N6O4.C7H8O3S/c1-37-9-7-16(8-10-37)34-24(39)17-11-22(41-3)20(12-19(17)29)35-27-33-13-18(28(30,31)32)25(36-27)42-21-6-4-5-15-14-38(2)26(40)23(15)21;1-6-2-4-7(5-3-6)11(8,9)10/h4-6,11-13,16H,7-10,14H2,1-3H3,(H,34,39)(H,33,35,36);2-5H,1H3,(H,8,9,10). The molecule has 282 valence electrons. The average molecular weight is 761 g/mol. The summed E-state index contributed by atoms with van der Waals surface area (Å²) in [5.74, 6) is -3.18. The van der Waals surface area contributed by atoms with E-state index in [0.29, 0.717) is 11.8 Å². The molecule has 0 bridgehead atoms. The van der Waals surface area contributed by atoms with E-state index in [1.165, 1.54) is 36.3 Å². The maximum absolute atomic E-state index is 15.1. The van der Waals surface area contributed by atoms with Crippen molar-refractivity contribution in [1.82, 2.24) is 25.1 Å². The van der Waals surface area contributed by atoms with Crippen LogP contribution < -0.4 is 20.1 Å². The van der Waals surface area contributed by atoms with Gasteiger partial charge >= 0.3 is 6.18 Å². The van der Waals surface area contributed by atoms with Crippen LogP contribution in [0.4, 0.5) is 29.2 Å². The number of likely N-dealkylation sites (tertiary alicyclic amines) is 1. The lowest BCUT2D eigenvalue weighted by Crippen LogP contribution is -2.43. The SMILES string of the molecule is COc1cc(C(=O)NC2CCN(C)CC2)c(F)cc1Nc1ncc(C(F)(F)F)c(Oc2cccc3c2C(=O)N(C)C3)n1.Cc1ccc(S(=O)(=O)O)cc1. The maximum Gasteiger partial charge on any atom is 0.423 e. The van der Waals surface area contributed by atoms with Crippen LogP contribution in [0.1, 0.15) is 50.2 Å². The molecular weight excluding hydrogens is 724 g/mol. The number of fused-ring (bicyclic) bond motifs is 1. The van der Waals surface area contributed by atoms with Gasteiger partial charge in [-0.1, -0.05) is 29.8 Å². The monoisotopic (exact) mass is 760 g/mol. The number of aromatic nitrogens is 2. The van der Waals surface area contributed by atoms with Crippen LogP contribution in [0.15, 0.2) is 65.7 Å². The summed E-state index contributed by atoms with van der Waals surface area (Å²) in [6.07, 6.45) is -2.90. The number of amides is 2. The Bertz CT molecular complexity index is 2110. The first-order chi connectivity index (χ1) is 24.9. The second-order valence-electron chi connectivity index (χ2n) is 12.5. The molecule has 0 spiro atoms. The van der Waals surface area contributed by atoms with Crippen LogP contribution in [0.3, 0.4) is 0 Å². The van der Waals surface area contributed by atoms with Gasteiger partial charge in [-0.15, -0.1) is 0 Å². The number of carbonyl (C=O) groups is 2. The molecule has 4 aromatic rings. The Hall–Kier alpha value is -5.33. The quantitative estimate of drug-likeness (QED) is 0.146. The average Bonchev–Trinajstić information content (AvgIpc) is 3.38. The number of alkyl halides is 3. The minimum absolute atomic E-state index is 0.0328. The molecule has 53 heavy (non-hydrogen) atoms. The van der Waals surface area contributed by atoms with Gasteiger partial charge in [-0.25, -0.2) is 9.37 Å². The number of carbonyl (C=O) groups excluding carboxylic acids is 2. The van der Waals surface area contributed by atoms with Gasteiger partial charge < -0.3 is 29.9 Å². The molecule has 1 saturated heterocycles. The van der Waals surface area contributed by atoms with Crippen molar-refractivity contribution in [2.75, 3.05) is 39.6 Å². The van der Waals surface area contributed by atoms with E-state index in [1.807, 2.05) is 14.0 Å². The second kappa shape index (κ2) is 15.7. The number of hydrogen-bond donors (Lipinski definition) is 3. The topological polar surface area (TPSA) is 163 Å². The van der Waals surface area contributed by atoms with Gasteiger partial charge in [-0.3, -0.25) is 14.1 Å². The van der Waals surface area contributed by atoms with Gasteiger partial charge in [-0.2, -0.15) is 26.6 Å². The summed E-state index contributed by atoms with van der Waals surface area (Å²) in [7, 11) is 0.824. The second-order valence-corrected chi connectivity index (χ2v) is 13.9. The fourth-order valence-corrected chi connectivity index (χ4v) is 6.08. The summed E-state index contributed by atoms with van der Waals surface area (Å²) < 4.78 is 97.0. The molecule has 0 radical (unpaired) electrons. The van der Waals surface area contributed by atoms with Gasteiger partial charge in [0.1, 0.15) is 22.9 Å². The third-order valence-corrected chi connectivity index (χ3v) is 9.37. The van der Waals surface area contributed by atoms with E-state index < -0.39 is 45.4 Å². The molecule has 2 amide bonds. The molecule has 0 atom stereocenters. The molecule has 0 unspecified atom stereocenters. The zero-order valence-corrected chi connectivity index (χ0v) is 29.8. The highest BCUT2D eigenvalue weighted by molar-refractivity contribution is 7.85. The van der Waals surface area contributed by atoms with Crippen LogP contribution in [-0.2, 0) is 22.8 Å². The minimum Gasteiger partial charge on any atom is -0.495 e. The van der Waals surface area contributed by atoms with Gasteiger partial charge in [0, 0.05) is 31.9 Å². The number of anilines is 2. The number of benzene rings is 3. The van der Waals surface area contributed by atoms with E-state index in [0.717, 1.165) is 37.6 Å². The Morgan fingerprint density at radius 3 is 2.34 bits per heavy atom. The van der Waals surface area contributed by atoms with E-state index in [9.17, 15) is 31.2 Å². The van der Waals surface area contributed by atoms with Crippen molar-refractivity contribution >= 4 is 33.6 Å². The molecular formula is C35H36F4N6O7S. The van der Waals surface area contributed by atoms with Gasteiger partial charge in [-0.05, 0) is 69.7 Å². The van der Waals surface area contributed by atoms with E-state index in [-0.39, 0.29) is 51.7 Å². The first-order valence-electron chi connectivity index (χ1n) is 16.1. The highest BCUT2D eigenvalue weighted by Gasteiger charge is 2.38. The zero-order chi connectivity index (χ0) is 38.7. The number of aryl methyl sites for hydroxylation is 1. The number of halogens is 4. The van der Waals surface area contributed by atoms with E-state index in [4.69, 9.17) is 14.0 Å². The van der Waals surface area contributed by atoms with Crippen molar-refractivity contribution in [2.45, 2.75) is 43.4 Å². The third kappa shape index (κ3) is 9.37. The van der Waals surface area contributed by atoms with Crippen molar-refractivity contribution in [2.24, 2.45) is 0 Å². The fourth-order valence-electron chi connectivity index (χ4n) is 5.60. The first-order valence-corrected chi connectivity index (χ1v) is 17.6. The smallest absolute Gasteiger partial charge is 0.423 e. The van der Waals surface area contributed by atoms with Crippen LogP contribution >= 0.6 is 0 Å². The van der Waals surface area contributed by atoms with Crippen LogP contribution in [0.5, 0.6) is 17.4 Å². The Labute approximate surface area is 302 Å². The Morgan fingerprint density at radius 1 is 1.04 bits per heavy atom. The fraction of sp³-hybridized carbons (Fsp3) is 0.314. The van der Waals surface area contributed by atoms with Crippen LogP contribution in [0, 0.1) is 12.7 Å². The molecule has 2 aliphatic rings. The van der Waals surface area contributed by atoms with Crippen LogP contribution in [-0.4, -0.2) is 84.9 Å². The van der Waals surface area contributed by atoms with Gasteiger partial charge in [0.25, 0.3) is 21.9 Å². The third-order valence-electron chi connectivity index (χ3n) is 8.50. The number of ether oxygens (including phenoxy) is 2. The number of nitrogens with one attached hydrogen (secondary N) is 2. The summed E-state index contributed by atoms with van der Waals surface area (Å²) in [5, 5.41) is 5.48. The Kier molecular flexibility index (Phi) is 11.5. The van der Waals surface area contributed by atoms with Crippen molar-refractivity contribution < 1.29 is 49.6 Å². The molecule has 13 nitrogen and oxygen atoms in total. The van der Waals surface area contributed by atoms with Crippen LogP contribution in [0.2, 0.25) is 0 Å². The lowest BCUT2D eigenvalue weighted by Gasteiger charge is -2.29. The summed E-state index contributed by atoms with van der Waals surface area (Å²) in [6.45, 7) is 3.73. The predicted octanol–water partition coefficient (Wildman–Crippen LogP) is 5.83. The number of rotatable bonds is 8. The normalized spacial score (nSPS) is 15.0. The number of piperidine rings is 1. The molecule has 3 aromatic carbocycles. The number of nitrogens with zero attached hydrogens (tertiary/aromatic N) is 4. The molecule has 0 saturated carbocycles. The molecule has 3 N–H and O–H groups in total. The number of hydrogen-bond acceptors (Lipinski definition) is 10. The maximum atomic E-state index is 15.1. The van der Waals surface area contributed by atoms with E-state index in [2.05, 4.69) is 25.5 Å². The van der Waals surface area contributed by atoms with E-state index in [1.54, 1.807) is 31.3 Å². The number of methoxy groups -OCH3 is 1. The highest BCUT2D eigenvalue weighted by atomic mass is 32.2. The van der Waals surface area contributed by atoms with Gasteiger partial charge in [0.05, 0.1) is 28.8 Å². The van der Waals surface area contributed by atoms with Gasteiger partial charge in [0.15, 0.2) is 0 Å². The lowest BCUT2D eigenvalue weighted by molar-refractivity contribution is -0.139.